The molecule has 114 valence electrons. The Hall–Kier alpha value is -2.14. The summed E-state index contributed by atoms with van der Waals surface area (Å²) >= 11 is 3.34. The van der Waals surface area contributed by atoms with Crippen molar-refractivity contribution in [2.75, 3.05) is 11.9 Å². The number of nitrogens with one attached hydrogen (secondary N) is 1. The van der Waals surface area contributed by atoms with Gasteiger partial charge >= 0.3 is 5.97 Å². The Kier molecular flexibility index (Phi) is 5.72. The van der Waals surface area contributed by atoms with Gasteiger partial charge in [0, 0.05) is 10.2 Å². The van der Waals surface area contributed by atoms with Crippen LogP contribution in [0, 0.1) is 0 Å². The molecular formula is C17H16BrNO3. The van der Waals surface area contributed by atoms with Crippen LogP contribution in [0.1, 0.15) is 34.1 Å². The fourth-order valence-corrected chi connectivity index (χ4v) is 2.28. The molecular weight excluding hydrogens is 346 g/mol. The molecule has 0 atom stereocenters. The molecule has 0 fully saturated rings. The molecule has 0 aliphatic heterocycles. The molecule has 1 N–H and O–H groups in total. The van der Waals surface area contributed by atoms with Crippen LogP contribution >= 0.6 is 15.9 Å². The van der Waals surface area contributed by atoms with Crippen molar-refractivity contribution in [2.24, 2.45) is 0 Å². The topological polar surface area (TPSA) is 55.4 Å². The van der Waals surface area contributed by atoms with E-state index < -0.39 is 0 Å². The number of ether oxygens (including phenoxy) is 1. The first-order valence-corrected chi connectivity index (χ1v) is 7.74. The molecule has 2 aromatic carbocycles. The van der Waals surface area contributed by atoms with Gasteiger partial charge in [-0.3, -0.25) is 4.79 Å². The van der Waals surface area contributed by atoms with E-state index in [4.69, 9.17) is 4.74 Å². The summed E-state index contributed by atoms with van der Waals surface area (Å²) in [5.74, 6) is -0.570. The fraction of sp³-hybridized carbons (Fsp3) is 0.176. The van der Waals surface area contributed by atoms with Crippen molar-refractivity contribution in [3.8, 4) is 0 Å². The number of benzene rings is 2. The fourth-order valence-electron chi connectivity index (χ4n) is 1.81. The number of esters is 1. The summed E-state index contributed by atoms with van der Waals surface area (Å²) in [6, 6.07) is 13.8. The van der Waals surface area contributed by atoms with Gasteiger partial charge in [0.25, 0.3) is 5.91 Å². The van der Waals surface area contributed by atoms with Crippen LogP contribution < -0.4 is 5.32 Å². The lowest BCUT2D eigenvalue weighted by Gasteiger charge is -2.08. The van der Waals surface area contributed by atoms with Gasteiger partial charge < -0.3 is 10.1 Å². The minimum Gasteiger partial charge on any atom is -0.462 e. The first-order chi connectivity index (χ1) is 10.6. The Morgan fingerprint density at radius 3 is 2.41 bits per heavy atom. The van der Waals surface area contributed by atoms with Gasteiger partial charge in [0.15, 0.2) is 0 Å². The zero-order valence-corrected chi connectivity index (χ0v) is 13.7. The molecule has 0 aromatic heterocycles. The van der Waals surface area contributed by atoms with Crippen LogP contribution in [0.5, 0.6) is 0 Å². The summed E-state index contributed by atoms with van der Waals surface area (Å²) in [5, 5.41) is 2.79. The van der Waals surface area contributed by atoms with E-state index in [0.717, 1.165) is 10.9 Å². The normalized spacial score (nSPS) is 10.1. The van der Waals surface area contributed by atoms with E-state index in [1.165, 1.54) is 0 Å². The summed E-state index contributed by atoms with van der Waals surface area (Å²) in [7, 11) is 0. The molecule has 2 aromatic rings. The van der Waals surface area contributed by atoms with Gasteiger partial charge in [-0.2, -0.15) is 0 Å². The molecule has 2 rings (SSSR count). The van der Waals surface area contributed by atoms with Crippen molar-refractivity contribution >= 4 is 33.5 Å². The van der Waals surface area contributed by atoms with E-state index in [-0.39, 0.29) is 11.9 Å². The second-order valence-electron chi connectivity index (χ2n) is 4.65. The van der Waals surface area contributed by atoms with Crippen LogP contribution in [-0.4, -0.2) is 18.5 Å². The number of rotatable bonds is 5. The zero-order chi connectivity index (χ0) is 15.9. The number of carbonyl (C=O) groups excluding carboxylic acids is 2. The van der Waals surface area contributed by atoms with Gasteiger partial charge in [-0.1, -0.05) is 19.1 Å². The average molecular weight is 362 g/mol. The molecule has 0 saturated heterocycles. The van der Waals surface area contributed by atoms with Gasteiger partial charge in [-0.25, -0.2) is 4.79 Å². The monoisotopic (exact) mass is 361 g/mol. The molecule has 5 heteroatoms. The first kappa shape index (κ1) is 16.2. The number of carbonyl (C=O) groups is 2. The standard InChI is InChI=1S/C17H16BrNO3/c1-2-11-22-17(21)12-7-9-13(10-8-12)19-16(20)14-5-3-4-6-15(14)18/h3-10H,2,11H2,1H3,(H,19,20). The van der Waals surface area contributed by atoms with Crippen LogP contribution in [0.25, 0.3) is 0 Å². The van der Waals surface area contributed by atoms with Crippen molar-refractivity contribution < 1.29 is 14.3 Å². The van der Waals surface area contributed by atoms with Gasteiger partial charge in [0.1, 0.15) is 0 Å². The Balaban J connectivity index is 2.04. The molecule has 0 heterocycles. The van der Waals surface area contributed by atoms with Crippen molar-refractivity contribution in [1.29, 1.82) is 0 Å². The highest BCUT2D eigenvalue weighted by atomic mass is 79.9. The molecule has 0 bridgehead atoms. The van der Waals surface area contributed by atoms with E-state index in [9.17, 15) is 9.59 Å². The molecule has 0 aliphatic carbocycles. The summed E-state index contributed by atoms with van der Waals surface area (Å²) in [6.45, 7) is 2.34. The predicted molar refractivity (Wildman–Crippen MR) is 89.1 cm³/mol. The second-order valence-corrected chi connectivity index (χ2v) is 5.50. The van der Waals surface area contributed by atoms with E-state index in [1.807, 2.05) is 19.1 Å². The number of hydrogen-bond donors (Lipinski definition) is 1. The highest BCUT2D eigenvalue weighted by Gasteiger charge is 2.10. The lowest BCUT2D eigenvalue weighted by Crippen LogP contribution is -2.12. The van der Waals surface area contributed by atoms with Crippen LogP contribution in [0.15, 0.2) is 53.0 Å². The zero-order valence-electron chi connectivity index (χ0n) is 12.1. The van der Waals surface area contributed by atoms with Gasteiger partial charge in [0.2, 0.25) is 0 Å². The van der Waals surface area contributed by atoms with Gasteiger partial charge in [-0.15, -0.1) is 0 Å². The molecule has 22 heavy (non-hydrogen) atoms. The van der Waals surface area contributed by atoms with E-state index >= 15 is 0 Å². The Morgan fingerprint density at radius 2 is 1.77 bits per heavy atom. The predicted octanol–water partition coefficient (Wildman–Crippen LogP) is 4.27. The maximum atomic E-state index is 12.2. The average Bonchev–Trinajstić information content (AvgIpc) is 2.53. The first-order valence-electron chi connectivity index (χ1n) is 6.95. The minimum absolute atomic E-state index is 0.214. The van der Waals surface area contributed by atoms with Crippen LogP contribution in [-0.2, 0) is 4.74 Å². The molecule has 0 aliphatic rings. The Bertz CT molecular complexity index is 668. The number of hydrogen-bond acceptors (Lipinski definition) is 3. The molecule has 0 radical (unpaired) electrons. The minimum atomic E-state index is -0.356. The van der Waals surface area contributed by atoms with Crippen LogP contribution in [0.2, 0.25) is 0 Å². The quantitative estimate of drug-likeness (QED) is 0.809. The maximum absolute atomic E-state index is 12.2. The summed E-state index contributed by atoms with van der Waals surface area (Å²) < 4.78 is 5.78. The number of halogens is 1. The summed E-state index contributed by atoms with van der Waals surface area (Å²) in [5.41, 5.74) is 1.63. The van der Waals surface area contributed by atoms with Gasteiger partial charge in [0.05, 0.1) is 17.7 Å². The maximum Gasteiger partial charge on any atom is 0.338 e. The molecule has 4 nitrogen and oxygen atoms in total. The Labute approximate surface area is 137 Å². The largest absolute Gasteiger partial charge is 0.462 e. The number of amides is 1. The third-order valence-electron chi connectivity index (χ3n) is 2.93. The van der Waals surface area contributed by atoms with E-state index in [2.05, 4.69) is 21.2 Å². The van der Waals surface area contributed by atoms with Crippen LogP contribution in [0.4, 0.5) is 5.69 Å². The van der Waals surface area contributed by atoms with Gasteiger partial charge in [-0.05, 0) is 58.7 Å². The summed E-state index contributed by atoms with van der Waals surface area (Å²) in [4.78, 5) is 23.8. The third-order valence-corrected chi connectivity index (χ3v) is 3.63. The Morgan fingerprint density at radius 1 is 1.09 bits per heavy atom. The van der Waals surface area contributed by atoms with Crippen molar-refractivity contribution in [2.45, 2.75) is 13.3 Å². The highest BCUT2D eigenvalue weighted by molar-refractivity contribution is 9.10. The lowest BCUT2D eigenvalue weighted by molar-refractivity contribution is 0.0505. The molecule has 0 unspecified atom stereocenters. The second kappa shape index (κ2) is 7.75. The van der Waals surface area contributed by atoms with Crippen molar-refractivity contribution in [3.63, 3.8) is 0 Å². The number of anilines is 1. The third kappa shape index (κ3) is 4.18. The smallest absolute Gasteiger partial charge is 0.338 e. The summed E-state index contributed by atoms with van der Waals surface area (Å²) in [6.07, 6.45) is 0.784. The van der Waals surface area contributed by atoms with Crippen molar-refractivity contribution in [1.82, 2.24) is 0 Å². The SMILES string of the molecule is CCCOC(=O)c1ccc(NC(=O)c2ccccc2Br)cc1. The van der Waals surface area contributed by atoms with E-state index in [0.29, 0.717) is 23.4 Å². The highest BCUT2D eigenvalue weighted by Crippen LogP contribution is 2.18. The molecule has 0 spiro atoms. The van der Waals surface area contributed by atoms with Crippen molar-refractivity contribution in [3.05, 3.63) is 64.1 Å². The molecule has 1 amide bonds. The van der Waals surface area contributed by atoms with E-state index in [1.54, 1.807) is 36.4 Å². The lowest BCUT2D eigenvalue weighted by atomic mass is 10.2. The molecule has 0 saturated carbocycles. The van der Waals surface area contributed by atoms with Crippen LogP contribution in [0.3, 0.4) is 0 Å².